The maximum atomic E-state index is 13.8. The fourth-order valence-electron chi connectivity index (χ4n) is 2.37. The van der Waals surface area contributed by atoms with E-state index in [2.05, 4.69) is 38.8 Å². The lowest BCUT2D eigenvalue weighted by molar-refractivity contribution is 0.0718. The van der Waals surface area contributed by atoms with E-state index in [0.29, 0.717) is 12.7 Å². The summed E-state index contributed by atoms with van der Waals surface area (Å²) in [6.45, 7) is 10.9. The second-order valence-corrected chi connectivity index (χ2v) is 13.2. The van der Waals surface area contributed by atoms with Gasteiger partial charge in [-0.1, -0.05) is 32.9 Å². The molecule has 2 N–H and O–H groups in total. The topological polar surface area (TPSA) is 48.1 Å². The Morgan fingerprint density at radius 2 is 1.71 bits per heavy atom. The van der Waals surface area contributed by atoms with Gasteiger partial charge in [0.25, 0.3) is 6.43 Å². The van der Waals surface area contributed by atoms with Gasteiger partial charge in [-0.05, 0) is 47.5 Å². The van der Waals surface area contributed by atoms with Gasteiger partial charge >= 0.3 is 0 Å². The summed E-state index contributed by atoms with van der Waals surface area (Å²) in [4.78, 5) is 4.08. The number of alkyl halides is 2. The average molecular weight is 415 g/mol. The predicted molar refractivity (Wildman–Crippen MR) is 104 cm³/mol. The van der Waals surface area contributed by atoms with Crippen molar-refractivity contribution in [3.05, 3.63) is 65.0 Å². The summed E-state index contributed by atoms with van der Waals surface area (Å²) in [7, 11) is -1.97. The molecule has 0 radical (unpaired) electrons. The number of benzene rings is 1. The molecule has 3 nitrogen and oxygen atoms in total. The Balaban J connectivity index is 2.29. The molecule has 1 heterocycles. The Morgan fingerprint density at radius 3 is 2.18 bits per heavy atom. The maximum absolute atomic E-state index is 13.8. The molecule has 0 saturated carbocycles. The lowest BCUT2D eigenvalue weighted by atomic mass is 9.87. The summed E-state index contributed by atoms with van der Waals surface area (Å²) in [6, 6.07) is 5.48. The van der Waals surface area contributed by atoms with Crippen LogP contribution in [0, 0.1) is 11.6 Å². The highest BCUT2D eigenvalue weighted by Crippen LogP contribution is 2.37. The molecule has 2 aromatic rings. The van der Waals surface area contributed by atoms with Crippen molar-refractivity contribution >= 4 is 8.32 Å². The predicted octanol–water partition coefficient (Wildman–Crippen LogP) is 5.35. The third-order valence-electron chi connectivity index (χ3n) is 5.40. The van der Waals surface area contributed by atoms with Crippen LogP contribution in [0.15, 0.2) is 36.5 Å². The number of rotatable bonds is 6. The van der Waals surface area contributed by atoms with Crippen molar-refractivity contribution < 1.29 is 22.0 Å². The third kappa shape index (κ3) is 4.44. The highest BCUT2D eigenvalue weighted by Gasteiger charge is 2.42. The minimum atomic E-state index is -3.07. The average Bonchev–Trinajstić information content (AvgIpc) is 2.61. The van der Waals surface area contributed by atoms with Crippen LogP contribution in [0.3, 0.4) is 0 Å². The molecule has 0 spiro atoms. The Kier molecular flexibility index (Phi) is 6.37. The smallest absolute Gasteiger partial charge is 0.266 e. The lowest BCUT2D eigenvalue weighted by Gasteiger charge is -2.36. The standard InChI is InChI=1S/C20H26F4N2OSi/c1-19(2,3)28(4,5)27-12-13-6-9-17(26-11-13)20(25,18(23)24)14-7-8-15(21)16(22)10-14/h6-11,18H,12,25H2,1-5H3. The van der Waals surface area contributed by atoms with Crippen LogP contribution in [0.25, 0.3) is 0 Å². The van der Waals surface area contributed by atoms with Crippen LogP contribution in [0.2, 0.25) is 18.1 Å². The largest absolute Gasteiger partial charge is 0.413 e. The van der Waals surface area contributed by atoms with Gasteiger partial charge < -0.3 is 10.2 Å². The third-order valence-corrected chi connectivity index (χ3v) is 9.87. The zero-order valence-corrected chi connectivity index (χ0v) is 17.7. The van der Waals surface area contributed by atoms with Crippen molar-refractivity contribution in [2.75, 3.05) is 0 Å². The van der Waals surface area contributed by atoms with Crippen molar-refractivity contribution in [3.8, 4) is 0 Å². The molecule has 0 amide bonds. The summed E-state index contributed by atoms with van der Waals surface area (Å²) >= 11 is 0. The van der Waals surface area contributed by atoms with E-state index in [1.54, 1.807) is 6.07 Å². The Hall–Kier alpha value is -1.77. The van der Waals surface area contributed by atoms with Gasteiger partial charge in [0.2, 0.25) is 0 Å². The molecule has 154 valence electrons. The summed E-state index contributed by atoms with van der Waals surface area (Å²) in [5.74, 6) is -2.38. The van der Waals surface area contributed by atoms with E-state index in [-0.39, 0.29) is 16.3 Å². The number of aromatic nitrogens is 1. The molecular weight excluding hydrogens is 388 g/mol. The van der Waals surface area contributed by atoms with Crippen LogP contribution in [0.1, 0.15) is 37.6 Å². The van der Waals surface area contributed by atoms with Crippen LogP contribution in [0.4, 0.5) is 17.6 Å². The van der Waals surface area contributed by atoms with Gasteiger partial charge in [-0.3, -0.25) is 4.98 Å². The molecule has 28 heavy (non-hydrogen) atoms. The van der Waals surface area contributed by atoms with Gasteiger partial charge in [-0.15, -0.1) is 0 Å². The molecule has 0 bridgehead atoms. The Labute approximate surface area is 164 Å². The fraction of sp³-hybridized carbons (Fsp3) is 0.450. The number of nitrogens with two attached hydrogens (primary N) is 1. The molecule has 1 aromatic carbocycles. The summed E-state index contributed by atoms with van der Waals surface area (Å²) < 4.78 is 60.5. The van der Waals surface area contributed by atoms with Crippen molar-refractivity contribution in [3.63, 3.8) is 0 Å². The maximum Gasteiger partial charge on any atom is 0.266 e. The van der Waals surface area contributed by atoms with Gasteiger partial charge in [-0.25, -0.2) is 17.6 Å². The highest BCUT2D eigenvalue weighted by atomic mass is 28.4. The van der Waals surface area contributed by atoms with Gasteiger partial charge in [-0.2, -0.15) is 0 Å². The molecule has 0 aliphatic heterocycles. The zero-order chi connectivity index (χ0) is 21.3. The molecule has 0 fully saturated rings. The minimum absolute atomic E-state index is 0.0368. The van der Waals surface area contributed by atoms with Gasteiger partial charge in [0.05, 0.1) is 12.3 Å². The number of hydrogen-bond acceptors (Lipinski definition) is 3. The first-order valence-electron chi connectivity index (χ1n) is 8.91. The first-order valence-corrected chi connectivity index (χ1v) is 11.8. The van der Waals surface area contributed by atoms with Crippen LogP contribution >= 0.6 is 0 Å². The van der Waals surface area contributed by atoms with E-state index in [0.717, 1.165) is 17.7 Å². The molecule has 0 aliphatic carbocycles. The van der Waals surface area contributed by atoms with Crippen molar-refractivity contribution in [1.82, 2.24) is 4.98 Å². The highest BCUT2D eigenvalue weighted by molar-refractivity contribution is 6.74. The van der Waals surface area contributed by atoms with Crippen LogP contribution in [-0.4, -0.2) is 19.7 Å². The second-order valence-electron chi connectivity index (χ2n) is 8.40. The minimum Gasteiger partial charge on any atom is -0.413 e. The Morgan fingerprint density at radius 1 is 1.07 bits per heavy atom. The number of hydrogen-bond donors (Lipinski definition) is 1. The van der Waals surface area contributed by atoms with Crippen molar-refractivity contribution in [1.29, 1.82) is 0 Å². The second kappa shape index (κ2) is 7.92. The van der Waals surface area contributed by atoms with E-state index in [1.165, 1.54) is 12.3 Å². The molecule has 1 atom stereocenters. The molecule has 1 unspecified atom stereocenters. The quantitative estimate of drug-likeness (QED) is 0.512. The molecular formula is C20H26F4N2OSi. The van der Waals surface area contributed by atoms with Gasteiger partial charge in [0.15, 0.2) is 20.0 Å². The van der Waals surface area contributed by atoms with Crippen LogP contribution < -0.4 is 5.73 Å². The van der Waals surface area contributed by atoms with E-state index in [9.17, 15) is 17.6 Å². The summed E-state index contributed by atoms with van der Waals surface area (Å²) in [6.07, 6.45) is -1.65. The monoisotopic (exact) mass is 414 g/mol. The number of pyridine rings is 1. The van der Waals surface area contributed by atoms with Crippen LogP contribution in [0.5, 0.6) is 0 Å². The zero-order valence-electron chi connectivity index (χ0n) is 16.7. The van der Waals surface area contributed by atoms with E-state index in [1.807, 2.05) is 0 Å². The van der Waals surface area contributed by atoms with E-state index < -0.39 is 31.9 Å². The first kappa shape index (κ1) is 22.5. The molecule has 0 saturated heterocycles. The molecule has 2 rings (SSSR count). The van der Waals surface area contributed by atoms with Crippen LogP contribution in [-0.2, 0) is 16.6 Å². The van der Waals surface area contributed by atoms with E-state index >= 15 is 0 Å². The lowest BCUT2D eigenvalue weighted by Crippen LogP contribution is -2.46. The normalized spacial score (nSPS) is 15.0. The molecule has 8 heteroatoms. The SMILES string of the molecule is CC(C)(C)[Si](C)(C)OCc1ccc(C(N)(c2ccc(F)c(F)c2)C(F)F)nc1. The first-order chi connectivity index (χ1) is 12.8. The summed E-state index contributed by atoms with van der Waals surface area (Å²) in [5, 5.41) is 0.0368. The Bertz CT molecular complexity index is 822. The number of halogens is 4. The fourth-order valence-corrected chi connectivity index (χ4v) is 3.33. The van der Waals surface area contributed by atoms with Crippen molar-refractivity contribution in [2.45, 2.75) is 57.5 Å². The van der Waals surface area contributed by atoms with Crippen molar-refractivity contribution in [2.24, 2.45) is 5.73 Å². The molecule has 0 aliphatic rings. The van der Waals surface area contributed by atoms with Gasteiger partial charge in [0, 0.05) is 6.20 Å². The molecule has 1 aromatic heterocycles. The number of nitrogens with zero attached hydrogens (tertiary/aromatic N) is 1. The van der Waals surface area contributed by atoms with E-state index in [4.69, 9.17) is 10.2 Å². The summed E-state index contributed by atoms with van der Waals surface area (Å²) in [5.41, 5.74) is 3.91. The van der Waals surface area contributed by atoms with Gasteiger partial charge in [0.1, 0.15) is 5.54 Å².